The van der Waals surface area contributed by atoms with Crippen LogP contribution in [0.4, 0.5) is 0 Å². The van der Waals surface area contributed by atoms with E-state index in [0.29, 0.717) is 0 Å². The molecule has 0 saturated carbocycles. The molecule has 0 bridgehead atoms. The minimum absolute atomic E-state index is 0.0891. The lowest BCUT2D eigenvalue weighted by Crippen LogP contribution is -2.20. The number of carbonyl (C=O) groups is 2. The van der Waals surface area contributed by atoms with E-state index in [9.17, 15) is 9.59 Å². The van der Waals surface area contributed by atoms with Gasteiger partial charge in [0.1, 0.15) is 0 Å². The molecule has 0 aromatic heterocycles. The summed E-state index contributed by atoms with van der Waals surface area (Å²) in [6, 6.07) is 0. The average molecular weight is 214 g/mol. The Morgan fingerprint density at radius 1 is 1.07 bits per heavy atom. The molecule has 0 aromatic carbocycles. The summed E-state index contributed by atoms with van der Waals surface area (Å²) in [6.07, 6.45) is 5.83. The fourth-order valence-corrected chi connectivity index (χ4v) is 1.51. The lowest BCUT2D eigenvalue weighted by molar-refractivity contribution is -0.161. The highest BCUT2D eigenvalue weighted by atomic mass is 16.6. The van der Waals surface area contributed by atoms with Gasteiger partial charge in [-0.15, -0.1) is 0 Å². The maximum atomic E-state index is 11.5. The first kappa shape index (κ1) is 14.1. The Bertz CT molecular complexity index is 191. The van der Waals surface area contributed by atoms with E-state index in [0.717, 1.165) is 38.5 Å². The predicted molar refractivity (Wildman–Crippen MR) is 59.3 cm³/mol. The molecule has 15 heavy (non-hydrogen) atoms. The van der Waals surface area contributed by atoms with Gasteiger partial charge in [0, 0.05) is 6.92 Å². The summed E-state index contributed by atoms with van der Waals surface area (Å²) in [7, 11) is 0. The van der Waals surface area contributed by atoms with Crippen molar-refractivity contribution in [2.75, 3.05) is 0 Å². The van der Waals surface area contributed by atoms with Gasteiger partial charge >= 0.3 is 11.9 Å². The first-order valence-corrected chi connectivity index (χ1v) is 5.84. The van der Waals surface area contributed by atoms with Gasteiger partial charge in [-0.2, -0.15) is 0 Å². The highest BCUT2D eigenvalue weighted by Crippen LogP contribution is 2.17. The van der Waals surface area contributed by atoms with Crippen LogP contribution in [0.15, 0.2) is 0 Å². The number of rotatable bonds is 7. The third-order valence-corrected chi connectivity index (χ3v) is 2.39. The molecule has 0 amide bonds. The minimum atomic E-state index is -0.502. The second kappa shape index (κ2) is 8.45. The molecule has 0 atom stereocenters. The van der Waals surface area contributed by atoms with Crippen LogP contribution in [0.2, 0.25) is 0 Å². The maximum absolute atomic E-state index is 11.5. The average Bonchev–Trinajstić information content (AvgIpc) is 2.17. The van der Waals surface area contributed by atoms with Crippen LogP contribution in [0.25, 0.3) is 0 Å². The summed E-state index contributed by atoms with van der Waals surface area (Å²) in [5.41, 5.74) is 0. The molecule has 0 heterocycles. The zero-order valence-corrected chi connectivity index (χ0v) is 10.0. The number of esters is 2. The van der Waals surface area contributed by atoms with Crippen molar-refractivity contribution in [3.05, 3.63) is 0 Å². The van der Waals surface area contributed by atoms with E-state index in [1.54, 1.807) is 0 Å². The third kappa shape index (κ3) is 7.11. The smallest absolute Gasteiger partial charge is 0.316 e. The van der Waals surface area contributed by atoms with Crippen molar-refractivity contribution in [1.82, 2.24) is 0 Å². The van der Waals surface area contributed by atoms with Crippen LogP contribution in [0.1, 0.15) is 59.3 Å². The van der Waals surface area contributed by atoms with Crippen molar-refractivity contribution >= 4 is 11.9 Å². The largest absolute Gasteiger partial charge is 0.393 e. The first-order chi connectivity index (χ1) is 7.11. The molecule has 0 saturated heterocycles. The molecular weight excluding hydrogens is 192 g/mol. The number of unbranched alkanes of at least 4 members (excludes halogenated alkanes) is 2. The Kier molecular flexibility index (Phi) is 7.96. The SMILES string of the molecule is CCCCC(CCCC)C(=O)OC(C)=O. The fraction of sp³-hybridized carbons (Fsp3) is 0.833. The van der Waals surface area contributed by atoms with Crippen molar-refractivity contribution in [2.24, 2.45) is 5.92 Å². The number of carbonyl (C=O) groups excluding carboxylic acids is 2. The lowest BCUT2D eigenvalue weighted by atomic mass is 9.96. The maximum Gasteiger partial charge on any atom is 0.316 e. The number of hydrogen-bond acceptors (Lipinski definition) is 3. The molecule has 0 spiro atoms. The highest BCUT2D eigenvalue weighted by Gasteiger charge is 2.20. The normalized spacial score (nSPS) is 10.4. The van der Waals surface area contributed by atoms with Gasteiger partial charge in [0.2, 0.25) is 0 Å². The van der Waals surface area contributed by atoms with Crippen molar-refractivity contribution in [3.8, 4) is 0 Å². The van der Waals surface area contributed by atoms with Crippen LogP contribution >= 0.6 is 0 Å². The zero-order valence-electron chi connectivity index (χ0n) is 10.0. The molecule has 0 fully saturated rings. The Morgan fingerprint density at radius 2 is 1.53 bits per heavy atom. The van der Waals surface area contributed by atoms with E-state index in [2.05, 4.69) is 18.6 Å². The van der Waals surface area contributed by atoms with Crippen molar-refractivity contribution < 1.29 is 14.3 Å². The number of ether oxygens (including phenoxy) is 1. The Morgan fingerprint density at radius 3 is 1.87 bits per heavy atom. The van der Waals surface area contributed by atoms with E-state index in [-0.39, 0.29) is 11.9 Å². The van der Waals surface area contributed by atoms with Gasteiger partial charge in [0.25, 0.3) is 0 Å². The molecule has 0 aliphatic heterocycles. The van der Waals surface area contributed by atoms with Crippen LogP contribution in [0, 0.1) is 5.92 Å². The van der Waals surface area contributed by atoms with E-state index >= 15 is 0 Å². The standard InChI is InChI=1S/C12H22O3/c1-4-6-8-11(9-7-5-2)12(14)15-10(3)13/h11H,4-9H2,1-3H3. The molecule has 3 nitrogen and oxygen atoms in total. The summed E-state index contributed by atoms with van der Waals surface area (Å²) < 4.78 is 4.63. The Balaban J connectivity index is 4.07. The molecule has 0 aliphatic rings. The lowest BCUT2D eigenvalue weighted by Gasteiger charge is -2.13. The second-order valence-corrected chi connectivity index (χ2v) is 3.89. The van der Waals surface area contributed by atoms with E-state index in [1.807, 2.05) is 0 Å². The van der Waals surface area contributed by atoms with E-state index < -0.39 is 5.97 Å². The molecule has 0 aromatic rings. The van der Waals surface area contributed by atoms with Crippen molar-refractivity contribution in [3.63, 3.8) is 0 Å². The fourth-order valence-electron chi connectivity index (χ4n) is 1.51. The van der Waals surface area contributed by atoms with Gasteiger partial charge in [0.15, 0.2) is 0 Å². The first-order valence-electron chi connectivity index (χ1n) is 5.84. The minimum Gasteiger partial charge on any atom is -0.393 e. The highest BCUT2D eigenvalue weighted by molar-refractivity contribution is 5.85. The van der Waals surface area contributed by atoms with Crippen LogP contribution < -0.4 is 0 Å². The van der Waals surface area contributed by atoms with Gasteiger partial charge in [-0.3, -0.25) is 9.59 Å². The third-order valence-electron chi connectivity index (χ3n) is 2.39. The second-order valence-electron chi connectivity index (χ2n) is 3.89. The molecule has 0 rings (SSSR count). The molecule has 0 aliphatic carbocycles. The van der Waals surface area contributed by atoms with Crippen LogP contribution in [-0.2, 0) is 14.3 Å². The molecule has 0 radical (unpaired) electrons. The molecule has 3 heteroatoms. The molecule has 88 valence electrons. The quantitative estimate of drug-likeness (QED) is 0.483. The summed E-state index contributed by atoms with van der Waals surface area (Å²) in [5.74, 6) is -0.934. The molecular formula is C12H22O3. The van der Waals surface area contributed by atoms with E-state index in [1.165, 1.54) is 6.92 Å². The van der Waals surface area contributed by atoms with Crippen molar-refractivity contribution in [2.45, 2.75) is 59.3 Å². The van der Waals surface area contributed by atoms with Crippen LogP contribution in [-0.4, -0.2) is 11.9 Å². The zero-order chi connectivity index (χ0) is 11.7. The topological polar surface area (TPSA) is 43.4 Å². The monoisotopic (exact) mass is 214 g/mol. The predicted octanol–water partition coefficient (Wildman–Crippen LogP) is 3.07. The summed E-state index contributed by atoms with van der Waals surface area (Å²) >= 11 is 0. The summed E-state index contributed by atoms with van der Waals surface area (Å²) in [5, 5.41) is 0. The summed E-state index contributed by atoms with van der Waals surface area (Å²) in [4.78, 5) is 22.2. The Hall–Kier alpha value is -0.860. The van der Waals surface area contributed by atoms with Gasteiger partial charge in [-0.05, 0) is 12.8 Å². The molecule has 0 unspecified atom stereocenters. The summed E-state index contributed by atoms with van der Waals surface area (Å²) in [6.45, 7) is 5.45. The van der Waals surface area contributed by atoms with Crippen molar-refractivity contribution in [1.29, 1.82) is 0 Å². The Labute approximate surface area is 92.2 Å². The molecule has 0 N–H and O–H groups in total. The van der Waals surface area contributed by atoms with Gasteiger partial charge in [-0.25, -0.2) is 0 Å². The van der Waals surface area contributed by atoms with Crippen LogP contribution in [0.3, 0.4) is 0 Å². The van der Waals surface area contributed by atoms with Gasteiger partial charge < -0.3 is 4.74 Å². The number of hydrogen-bond donors (Lipinski definition) is 0. The van der Waals surface area contributed by atoms with Crippen LogP contribution in [0.5, 0.6) is 0 Å². The van der Waals surface area contributed by atoms with Gasteiger partial charge in [0.05, 0.1) is 5.92 Å². The van der Waals surface area contributed by atoms with E-state index in [4.69, 9.17) is 0 Å². The van der Waals surface area contributed by atoms with Gasteiger partial charge in [-0.1, -0.05) is 39.5 Å².